The van der Waals surface area contributed by atoms with Crippen molar-refractivity contribution in [3.63, 3.8) is 0 Å². The maximum atomic E-state index is 14.2. The van der Waals surface area contributed by atoms with E-state index >= 15 is 0 Å². The fraction of sp³-hybridized carbons (Fsp3) is 0.500. The van der Waals surface area contributed by atoms with Gasteiger partial charge in [0.05, 0.1) is 17.2 Å². The van der Waals surface area contributed by atoms with E-state index in [1.165, 1.54) is 6.07 Å². The lowest BCUT2D eigenvalue weighted by Crippen LogP contribution is -2.64. The van der Waals surface area contributed by atoms with Crippen LogP contribution in [-0.4, -0.2) is 73.6 Å². The summed E-state index contributed by atoms with van der Waals surface area (Å²) in [6.07, 6.45) is 4.11. The van der Waals surface area contributed by atoms with Crippen molar-refractivity contribution in [2.45, 2.75) is 69.1 Å². The molecule has 1 aromatic carbocycles. The van der Waals surface area contributed by atoms with Gasteiger partial charge in [-0.25, -0.2) is 8.78 Å². The number of anilines is 2. The quantitative estimate of drug-likeness (QED) is 0.241. The third-order valence-corrected chi connectivity index (χ3v) is 10.3. The number of pyridine rings is 2. The van der Waals surface area contributed by atoms with Crippen LogP contribution >= 0.6 is 11.6 Å². The summed E-state index contributed by atoms with van der Waals surface area (Å²) in [5.74, 6) is 1.02. The average Bonchev–Trinajstić information content (AvgIpc) is 3.34. The number of benzene rings is 1. The van der Waals surface area contributed by atoms with Crippen molar-refractivity contribution in [2.75, 3.05) is 49.3 Å². The molecular formula is C36H40ClF2N5O5. The smallest absolute Gasteiger partial charge is 0.281 e. The van der Waals surface area contributed by atoms with E-state index in [-0.39, 0.29) is 34.7 Å². The molecular weight excluding hydrogens is 656 g/mol. The number of carbonyl (C=O) groups is 2. The first-order chi connectivity index (χ1) is 23.8. The first-order valence-corrected chi connectivity index (χ1v) is 17.4. The molecule has 3 aliphatic heterocycles. The molecule has 10 nitrogen and oxygen atoms in total. The monoisotopic (exact) mass is 695 g/mol. The van der Waals surface area contributed by atoms with Gasteiger partial charge in [-0.1, -0.05) is 35.9 Å². The molecule has 7 rings (SSSR count). The van der Waals surface area contributed by atoms with E-state index in [1.807, 2.05) is 41.3 Å². The van der Waals surface area contributed by atoms with Gasteiger partial charge in [0.15, 0.2) is 6.29 Å². The number of amides is 2. The fourth-order valence-corrected chi connectivity index (χ4v) is 7.65. The normalized spacial score (nSPS) is 23.0. The first-order valence-electron chi connectivity index (χ1n) is 17.0. The number of aromatic nitrogens is 2. The van der Waals surface area contributed by atoms with Crippen LogP contribution < -0.4 is 19.9 Å². The molecule has 2 aromatic heterocycles. The highest BCUT2D eigenvalue weighted by molar-refractivity contribution is 6.30. The molecule has 1 aliphatic carbocycles. The summed E-state index contributed by atoms with van der Waals surface area (Å²) < 4.78 is 44.2. The maximum Gasteiger partial charge on any atom is 0.281 e. The molecule has 2 amide bonds. The van der Waals surface area contributed by atoms with E-state index in [2.05, 4.69) is 21.3 Å². The highest BCUT2D eigenvalue weighted by Crippen LogP contribution is 2.49. The molecule has 0 radical (unpaired) electrons. The summed E-state index contributed by atoms with van der Waals surface area (Å²) in [6, 6.07) is 14.8. The Morgan fingerprint density at radius 3 is 2.65 bits per heavy atom. The zero-order chi connectivity index (χ0) is 34.0. The van der Waals surface area contributed by atoms with Gasteiger partial charge in [0.25, 0.3) is 12.3 Å². The number of carbonyl (C=O) groups excluding carboxylic acids is 2. The number of ether oxygens (including phenoxy) is 3. The Bertz CT molecular complexity index is 1660. The molecule has 2 saturated heterocycles. The minimum Gasteiger partial charge on any atom is -0.475 e. The number of halogens is 3. The second kappa shape index (κ2) is 14.5. The van der Waals surface area contributed by atoms with E-state index in [9.17, 15) is 18.4 Å². The van der Waals surface area contributed by atoms with E-state index in [0.717, 1.165) is 62.0 Å². The van der Waals surface area contributed by atoms with Crippen LogP contribution in [0.5, 0.6) is 5.88 Å². The molecule has 13 heteroatoms. The van der Waals surface area contributed by atoms with E-state index in [4.69, 9.17) is 30.8 Å². The van der Waals surface area contributed by atoms with Gasteiger partial charge in [-0.2, -0.15) is 4.98 Å². The van der Waals surface area contributed by atoms with Crippen molar-refractivity contribution in [3.8, 4) is 5.88 Å². The molecule has 4 aliphatic rings. The Hall–Kier alpha value is -3.87. The summed E-state index contributed by atoms with van der Waals surface area (Å²) in [5, 5.41) is 3.02. The number of fused-ring (bicyclic) bond motifs is 2. The number of alkyl halides is 2. The molecule has 260 valence electrons. The molecule has 1 N–H and O–H groups in total. The van der Waals surface area contributed by atoms with Crippen molar-refractivity contribution in [1.82, 2.24) is 15.3 Å². The van der Waals surface area contributed by atoms with Gasteiger partial charge in [-0.15, -0.1) is 0 Å². The third kappa shape index (κ3) is 7.09. The molecule has 1 unspecified atom stereocenters. The zero-order valence-electron chi connectivity index (χ0n) is 27.2. The number of hydrogen-bond acceptors (Lipinski definition) is 8. The number of hydrogen-bond donors (Lipinski definition) is 1. The SMILES string of the molecule is O=C(N[C@H]1CC[C@H](CN2C(=O)C3(CN(c4cccc(OCCOC5CCCCO5)n4)C3)c3ccccc32)CC1)c1cc(Cl)cnc1C(F)F. The standard InChI is InChI=1S/C36H40ClF2N5O5/c37-24-18-26(32(33(38)39)40-19-24)34(45)41-25-13-11-23(12-14-25)20-44-28-7-2-1-6-27(28)36(35(44)46)21-43(22-36)29-8-5-9-30(42-29)47-16-17-49-31-10-3-4-15-48-31/h1-2,5-9,18-19,23,25,31,33H,3-4,10-17,20-22H2,(H,41,45)/t23-,25-,31?. The van der Waals surface area contributed by atoms with Gasteiger partial charge >= 0.3 is 0 Å². The average molecular weight is 696 g/mol. The van der Waals surface area contributed by atoms with Crippen molar-refractivity contribution in [2.24, 2.45) is 5.92 Å². The van der Waals surface area contributed by atoms with Crippen LogP contribution in [-0.2, 0) is 19.7 Å². The molecule has 3 fully saturated rings. The molecule has 1 spiro atoms. The highest BCUT2D eigenvalue weighted by atomic mass is 35.5. The minimum atomic E-state index is -2.88. The number of rotatable bonds is 11. The Morgan fingerprint density at radius 1 is 1.06 bits per heavy atom. The van der Waals surface area contributed by atoms with Crippen LogP contribution in [0.25, 0.3) is 0 Å². The van der Waals surface area contributed by atoms with E-state index < -0.39 is 23.4 Å². The Balaban J connectivity index is 0.934. The van der Waals surface area contributed by atoms with Crippen molar-refractivity contribution in [1.29, 1.82) is 0 Å². The molecule has 0 bridgehead atoms. The molecule has 49 heavy (non-hydrogen) atoms. The summed E-state index contributed by atoms with van der Waals surface area (Å²) in [7, 11) is 0. The summed E-state index contributed by atoms with van der Waals surface area (Å²) >= 11 is 5.94. The van der Waals surface area contributed by atoms with Gasteiger partial charge in [-0.3, -0.25) is 14.6 Å². The lowest BCUT2D eigenvalue weighted by Gasteiger charge is -2.47. The van der Waals surface area contributed by atoms with Gasteiger partial charge in [0.1, 0.15) is 23.5 Å². The predicted molar refractivity (Wildman–Crippen MR) is 179 cm³/mol. The molecule has 5 heterocycles. The van der Waals surface area contributed by atoms with Crippen molar-refractivity contribution >= 4 is 34.9 Å². The largest absolute Gasteiger partial charge is 0.475 e. The minimum absolute atomic E-state index is 0.0999. The van der Waals surface area contributed by atoms with E-state index in [1.54, 1.807) is 0 Å². The Morgan fingerprint density at radius 2 is 1.88 bits per heavy atom. The first kappa shape index (κ1) is 33.6. The maximum absolute atomic E-state index is 14.2. The summed E-state index contributed by atoms with van der Waals surface area (Å²) in [4.78, 5) is 39.5. The number of nitrogens with zero attached hydrogens (tertiary/aromatic N) is 4. The molecule has 3 aromatic rings. The summed E-state index contributed by atoms with van der Waals surface area (Å²) in [5.41, 5.74) is 0.572. The lowest BCUT2D eigenvalue weighted by molar-refractivity contribution is -0.165. The second-order valence-electron chi connectivity index (χ2n) is 13.3. The zero-order valence-corrected chi connectivity index (χ0v) is 27.9. The van der Waals surface area contributed by atoms with Crippen molar-refractivity contribution in [3.05, 3.63) is 76.6 Å². The van der Waals surface area contributed by atoms with E-state index in [0.29, 0.717) is 51.6 Å². The van der Waals surface area contributed by atoms with Crippen LogP contribution in [0.15, 0.2) is 54.7 Å². The van der Waals surface area contributed by atoms with Crippen molar-refractivity contribution < 1.29 is 32.6 Å². The fourth-order valence-electron chi connectivity index (χ4n) is 7.50. The van der Waals surface area contributed by atoms with Gasteiger partial charge < -0.3 is 29.3 Å². The highest BCUT2D eigenvalue weighted by Gasteiger charge is 2.58. The topological polar surface area (TPSA) is 106 Å². The Labute approximate surface area is 289 Å². The van der Waals surface area contributed by atoms with Crippen LogP contribution in [0, 0.1) is 5.92 Å². The van der Waals surface area contributed by atoms with Crippen LogP contribution in [0.2, 0.25) is 5.02 Å². The van der Waals surface area contributed by atoms with Crippen LogP contribution in [0.4, 0.5) is 20.3 Å². The van der Waals surface area contributed by atoms with Crippen LogP contribution in [0.3, 0.4) is 0 Å². The molecule has 1 saturated carbocycles. The number of nitrogens with one attached hydrogen (secondary N) is 1. The van der Waals surface area contributed by atoms with Gasteiger partial charge in [0, 0.05) is 50.2 Å². The van der Waals surface area contributed by atoms with Gasteiger partial charge in [-0.05, 0) is 74.6 Å². The number of para-hydroxylation sites is 1. The van der Waals surface area contributed by atoms with Crippen LogP contribution in [0.1, 0.15) is 73.0 Å². The summed E-state index contributed by atoms with van der Waals surface area (Å²) in [6.45, 7) is 3.16. The lowest BCUT2D eigenvalue weighted by atomic mass is 9.74. The predicted octanol–water partition coefficient (Wildman–Crippen LogP) is 6.08. The Kier molecular flexibility index (Phi) is 9.98. The third-order valence-electron chi connectivity index (χ3n) is 10.1. The van der Waals surface area contributed by atoms with Gasteiger partial charge in [0.2, 0.25) is 11.8 Å². The molecule has 1 atom stereocenters. The second-order valence-corrected chi connectivity index (χ2v) is 13.7.